The second-order valence-corrected chi connectivity index (χ2v) is 7.63. The molecular weight excluding hydrogens is 344 g/mol. The van der Waals surface area contributed by atoms with Crippen molar-refractivity contribution in [1.29, 1.82) is 0 Å². The van der Waals surface area contributed by atoms with Crippen molar-refractivity contribution < 1.29 is 8.42 Å². The molecule has 0 aliphatic heterocycles. The third-order valence-corrected chi connectivity index (χ3v) is 6.43. The fraction of sp³-hybridized carbons (Fsp3) is 0.444. The summed E-state index contributed by atoms with van der Waals surface area (Å²) in [5, 5.41) is 1.08. The maximum absolute atomic E-state index is 11.9. The molecule has 0 fully saturated rings. The average Bonchev–Trinajstić information content (AvgIpc) is 2.61. The lowest BCUT2D eigenvalue weighted by molar-refractivity contribution is 0.574. The molecule has 0 amide bonds. The third kappa shape index (κ3) is 3.99. The van der Waals surface area contributed by atoms with Crippen molar-refractivity contribution in [2.75, 3.05) is 0 Å². The van der Waals surface area contributed by atoms with Crippen LogP contribution in [0.1, 0.15) is 18.2 Å². The Balaban J connectivity index is 2.74. The van der Waals surface area contributed by atoms with E-state index in [0.29, 0.717) is 6.42 Å². The monoisotopic (exact) mass is 356 g/mol. The van der Waals surface area contributed by atoms with E-state index in [1.807, 2.05) is 11.4 Å². The van der Waals surface area contributed by atoms with Gasteiger partial charge in [-0.2, -0.15) is 0 Å². The number of nitrogens with two attached hydrogens (primary N) is 1. The first-order chi connectivity index (χ1) is 7.88. The molecule has 0 spiro atoms. The fourth-order valence-corrected chi connectivity index (χ4v) is 4.65. The zero-order chi connectivity index (χ0) is 13.1. The Morgan fingerprint density at radius 3 is 2.76 bits per heavy atom. The summed E-state index contributed by atoms with van der Waals surface area (Å²) in [7, 11) is -3.49. The highest BCUT2D eigenvalue weighted by molar-refractivity contribution is 9.10. The summed E-state index contributed by atoms with van der Waals surface area (Å²) in [6, 6.07) is 1.87. The third-order valence-electron chi connectivity index (χ3n) is 2.19. The normalized spacial score (nSPS) is 13.5. The van der Waals surface area contributed by atoms with E-state index in [0.717, 1.165) is 9.35 Å². The Morgan fingerprint density at radius 2 is 2.35 bits per heavy atom. The molecule has 0 aliphatic rings. The van der Waals surface area contributed by atoms with Gasteiger partial charge in [-0.05, 0) is 33.8 Å². The van der Waals surface area contributed by atoms with Gasteiger partial charge in [0.25, 0.3) is 0 Å². The van der Waals surface area contributed by atoms with Gasteiger partial charge in [0.05, 0.1) is 4.99 Å². The lowest BCUT2D eigenvalue weighted by atomic mass is 10.3. The van der Waals surface area contributed by atoms with Crippen LogP contribution in [0.5, 0.6) is 0 Å². The van der Waals surface area contributed by atoms with Gasteiger partial charge in [-0.3, -0.25) is 0 Å². The average molecular weight is 357 g/mol. The fourth-order valence-electron chi connectivity index (χ4n) is 1.29. The van der Waals surface area contributed by atoms with E-state index >= 15 is 0 Å². The van der Waals surface area contributed by atoms with Crippen LogP contribution in [0.3, 0.4) is 0 Å². The first kappa shape index (κ1) is 15.0. The first-order valence-electron chi connectivity index (χ1n) is 4.88. The summed E-state index contributed by atoms with van der Waals surface area (Å²) < 4.78 is 27.3. The number of sulfonamides is 1. The lowest BCUT2D eigenvalue weighted by Crippen LogP contribution is -2.41. The number of rotatable bonds is 6. The van der Waals surface area contributed by atoms with Crippen molar-refractivity contribution in [2.24, 2.45) is 5.73 Å². The summed E-state index contributed by atoms with van der Waals surface area (Å²) in [6.45, 7) is 1.99. The molecule has 17 heavy (non-hydrogen) atoms. The Morgan fingerprint density at radius 1 is 1.71 bits per heavy atom. The van der Waals surface area contributed by atoms with Gasteiger partial charge in [-0.25, -0.2) is 13.1 Å². The summed E-state index contributed by atoms with van der Waals surface area (Å²) >= 11 is 9.58. The highest BCUT2D eigenvalue weighted by atomic mass is 79.9. The topological polar surface area (TPSA) is 72.2 Å². The molecule has 1 heterocycles. The summed E-state index contributed by atoms with van der Waals surface area (Å²) in [5.74, 6) is 0. The van der Waals surface area contributed by atoms with Gasteiger partial charge < -0.3 is 5.73 Å². The molecule has 1 atom stereocenters. The minimum absolute atomic E-state index is 0.00486. The molecule has 0 saturated carbocycles. The van der Waals surface area contributed by atoms with Crippen LogP contribution >= 0.6 is 39.5 Å². The molecule has 1 aromatic heterocycles. The Hall–Kier alpha value is -0.0200. The summed E-state index contributed by atoms with van der Waals surface area (Å²) in [6.07, 6.45) is 0.371. The SMILES string of the molecule is CCC(C(N)=S)S(=O)(=O)NCc1sccc1Br. The maximum atomic E-state index is 11.9. The zero-order valence-corrected chi connectivity index (χ0v) is 13.2. The van der Waals surface area contributed by atoms with Gasteiger partial charge >= 0.3 is 0 Å². The molecule has 8 heteroatoms. The highest BCUT2D eigenvalue weighted by Crippen LogP contribution is 2.22. The molecule has 4 nitrogen and oxygen atoms in total. The maximum Gasteiger partial charge on any atom is 0.221 e. The summed E-state index contributed by atoms with van der Waals surface area (Å²) in [5.41, 5.74) is 5.42. The second-order valence-electron chi connectivity index (χ2n) is 3.36. The highest BCUT2D eigenvalue weighted by Gasteiger charge is 2.26. The zero-order valence-electron chi connectivity index (χ0n) is 9.14. The van der Waals surface area contributed by atoms with Crippen LogP contribution in [0.2, 0.25) is 0 Å². The summed E-state index contributed by atoms with van der Waals surface area (Å²) in [4.78, 5) is 0.927. The number of hydrogen-bond donors (Lipinski definition) is 2. The predicted molar refractivity (Wildman–Crippen MR) is 78.6 cm³/mol. The Bertz CT molecular complexity index is 498. The minimum atomic E-state index is -3.49. The number of hydrogen-bond acceptors (Lipinski definition) is 4. The second kappa shape index (κ2) is 6.24. The Kier molecular flexibility index (Phi) is 5.52. The molecule has 0 bridgehead atoms. The van der Waals surface area contributed by atoms with Crippen molar-refractivity contribution >= 4 is 54.5 Å². The number of thiophene rings is 1. The van der Waals surface area contributed by atoms with Gasteiger partial charge in [0.2, 0.25) is 10.0 Å². The molecule has 0 radical (unpaired) electrons. The minimum Gasteiger partial charge on any atom is -0.392 e. The molecule has 0 aliphatic carbocycles. The molecule has 3 N–H and O–H groups in total. The molecule has 96 valence electrons. The van der Waals surface area contributed by atoms with Crippen LogP contribution < -0.4 is 10.5 Å². The number of halogens is 1. The van der Waals surface area contributed by atoms with Crippen molar-refractivity contribution in [1.82, 2.24) is 4.72 Å². The van der Waals surface area contributed by atoms with Crippen molar-refractivity contribution in [3.63, 3.8) is 0 Å². The van der Waals surface area contributed by atoms with Gasteiger partial charge in [-0.15, -0.1) is 11.3 Å². The smallest absolute Gasteiger partial charge is 0.221 e. The molecule has 0 saturated heterocycles. The number of nitrogens with one attached hydrogen (secondary N) is 1. The number of thiocarbonyl (C=S) groups is 1. The van der Waals surface area contributed by atoms with Gasteiger partial charge in [0.15, 0.2) is 0 Å². The van der Waals surface area contributed by atoms with Gasteiger partial charge in [-0.1, -0.05) is 19.1 Å². The molecular formula is C9H13BrN2O2S3. The van der Waals surface area contributed by atoms with Crippen LogP contribution in [0.25, 0.3) is 0 Å². The van der Waals surface area contributed by atoms with E-state index in [2.05, 4.69) is 20.7 Å². The molecule has 1 rings (SSSR count). The van der Waals surface area contributed by atoms with Crippen molar-refractivity contribution in [3.05, 3.63) is 20.8 Å². The Labute approximate surface area is 119 Å². The first-order valence-corrected chi connectivity index (χ1v) is 8.51. The lowest BCUT2D eigenvalue weighted by Gasteiger charge is -2.14. The van der Waals surface area contributed by atoms with E-state index in [1.54, 1.807) is 6.92 Å². The van der Waals surface area contributed by atoms with Crippen molar-refractivity contribution in [3.8, 4) is 0 Å². The standard InChI is InChI=1S/C9H13BrN2O2S3/c1-2-8(9(11)15)17(13,14)12-5-7-6(10)3-4-16-7/h3-4,8,12H,2,5H2,1H3,(H2,11,15). The van der Waals surface area contributed by atoms with Crippen LogP contribution in [-0.2, 0) is 16.6 Å². The van der Waals surface area contributed by atoms with Crippen LogP contribution in [-0.4, -0.2) is 18.7 Å². The van der Waals surface area contributed by atoms with E-state index in [4.69, 9.17) is 18.0 Å². The van der Waals surface area contributed by atoms with Gasteiger partial charge in [0, 0.05) is 15.9 Å². The molecule has 0 aromatic carbocycles. The van der Waals surface area contributed by atoms with E-state index in [-0.39, 0.29) is 11.5 Å². The largest absolute Gasteiger partial charge is 0.392 e. The van der Waals surface area contributed by atoms with Crippen LogP contribution in [0, 0.1) is 0 Å². The molecule has 1 aromatic rings. The van der Waals surface area contributed by atoms with E-state index in [1.165, 1.54) is 11.3 Å². The molecule has 1 unspecified atom stereocenters. The predicted octanol–water partition coefficient (Wildman–Crippen LogP) is 1.99. The quantitative estimate of drug-likeness (QED) is 0.764. The van der Waals surface area contributed by atoms with E-state index < -0.39 is 15.3 Å². The van der Waals surface area contributed by atoms with Crippen molar-refractivity contribution in [2.45, 2.75) is 25.1 Å². The van der Waals surface area contributed by atoms with E-state index in [9.17, 15) is 8.42 Å². The van der Waals surface area contributed by atoms with Crippen LogP contribution in [0.4, 0.5) is 0 Å². The van der Waals surface area contributed by atoms with Crippen LogP contribution in [0.15, 0.2) is 15.9 Å². The van der Waals surface area contributed by atoms with Gasteiger partial charge in [0.1, 0.15) is 5.25 Å².